The smallest absolute Gasteiger partial charge is 0.0701 e. The molecule has 0 atom stereocenters. The summed E-state index contributed by atoms with van der Waals surface area (Å²) in [7, 11) is 0. The zero-order chi connectivity index (χ0) is 63.9. The molecular formula is C72H120K2N4O14. The van der Waals surface area contributed by atoms with Crippen molar-refractivity contribution in [3.05, 3.63) is 93.0 Å². The van der Waals surface area contributed by atoms with Gasteiger partial charge < -0.3 is 66.3 Å². The summed E-state index contributed by atoms with van der Waals surface area (Å²) in [5, 5.41) is 5.43. The molecule has 20 heteroatoms. The average Bonchev–Trinajstić information content (AvgIpc) is 1.04. The van der Waals surface area contributed by atoms with Crippen LogP contribution >= 0.6 is 0 Å². The van der Waals surface area contributed by atoms with E-state index in [-0.39, 0.29) is 103 Å². The SMILES string of the molecule is C1CCOC1.C1CCOC1.C1COCCN2CCOCCOCCN(CCO1)CCOCCOCC2.C1COCCN2CCOCCOCCN(CCO1)CCOCCOCC2.Cc1cc2cc(C)c(C)cc2cc1C.Cc1cc2cc(C)c(C)cc2cc1C.[K].[K]. The molecule has 0 aliphatic carbocycles. The molecule has 0 spiro atoms. The van der Waals surface area contributed by atoms with Crippen molar-refractivity contribution >= 4 is 124 Å². The first kappa shape index (κ1) is 86.2. The molecule has 0 saturated carbocycles. The number of hydrogen-bond donors (Lipinski definition) is 0. The first-order valence-corrected chi connectivity index (χ1v) is 34.0. The molecule has 0 unspecified atom stereocenters. The molecule has 0 N–H and O–H groups in total. The van der Waals surface area contributed by atoms with Crippen molar-refractivity contribution in [2.45, 2.75) is 81.1 Å². The minimum atomic E-state index is 0. The predicted octanol–water partition coefficient (Wildman–Crippen LogP) is 8.41. The van der Waals surface area contributed by atoms with Crippen LogP contribution in [0.15, 0.2) is 48.5 Å². The van der Waals surface area contributed by atoms with E-state index >= 15 is 0 Å². The molecule has 92 heavy (non-hydrogen) atoms. The molecule has 4 aromatic carbocycles. The zero-order valence-electron chi connectivity index (χ0n) is 59.2. The summed E-state index contributed by atoms with van der Waals surface area (Å²) in [5.74, 6) is 0. The molecule has 0 aromatic heterocycles. The average molecular weight is 1340 g/mol. The summed E-state index contributed by atoms with van der Waals surface area (Å²) in [6.07, 6.45) is 5.11. The van der Waals surface area contributed by atoms with E-state index < -0.39 is 0 Å². The number of benzene rings is 4. The fourth-order valence-electron chi connectivity index (χ4n) is 10.2. The van der Waals surface area contributed by atoms with Crippen LogP contribution in [0.4, 0.5) is 0 Å². The van der Waals surface area contributed by atoms with Gasteiger partial charge in [0.15, 0.2) is 0 Å². The minimum absolute atomic E-state index is 0. The van der Waals surface area contributed by atoms with Gasteiger partial charge in [0.25, 0.3) is 0 Å². The third-order valence-electron chi connectivity index (χ3n) is 16.6. The maximum absolute atomic E-state index is 5.70. The van der Waals surface area contributed by atoms with Gasteiger partial charge in [0.2, 0.25) is 0 Å². The van der Waals surface area contributed by atoms with Crippen molar-refractivity contribution in [2.24, 2.45) is 0 Å². The molecule has 4 aromatic rings. The fraction of sp³-hybridized carbons (Fsp3) is 0.722. The van der Waals surface area contributed by atoms with Crippen molar-refractivity contribution in [3.63, 3.8) is 0 Å². The van der Waals surface area contributed by atoms with Gasteiger partial charge in [0.05, 0.1) is 159 Å². The van der Waals surface area contributed by atoms with Gasteiger partial charge in [-0.1, -0.05) is 48.5 Å². The second kappa shape index (κ2) is 56.7. The maximum atomic E-state index is 5.70. The standard InChI is InChI=1S/2C18H36N2O6.2C14H16.2C4H8O.2K/c2*1-7-21-13-14-24-10-4-20-5-11-25-17-15-22-8-2-19(1)3-9-23-16-18-26-12-6-20;2*1-9-5-13-7-11(3)12(4)8-14(13)6-10(9)2;2*1-2-4-5-3-1;;/h2*1-18H2;2*5-8H,1-4H3;2*1-4H2;;. The number of hydrogen-bond acceptors (Lipinski definition) is 18. The molecule has 8 aliphatic heterocycles. The molecule has 8 aliphatic rings. The van der Waals surface area contributed by atoms with Gasteiger partial charge in [0.1, 0.15) is 0 Å². The summed E-state index contributed by atoms with van der Waals surface area (Å²) in [6, 6.07) is 18.2. The predicted molar refractivity (Wildman–Crippen MR) is 373 cm³/mol. The Balaban J connectivity index is 0.000000310. The Labute approximate surface area is 640 Å². The van der Waals surface area contributed by atoms with Crippen molar-refractivity contribution in [1.29, 1.82) is 0 Å². The Hall–Kier alpha value is -0.0473. The number of aryl methyl sites for hydroxylation is 8. The Morgan fingerprint density at radius 1 is 0.174 bits per heavy atom. The first-order valence-electron chi connectivity index (χ1n) is 34.0. The molecular weight excluding hydrogens is 1220 g/mol. The van der Waals surface area contributed by atoms with Crippen molar-refractivity contribution in [1.82, 2.24) is 19.6 Å². The van der Waals surface area contributed by atoms with Crippen LogP contribution in [0.1, 0.15) is 70.2 Å². The number of fused-ring (bicyclic) bond motifs is 44. The van der Waals surface area contributed by atoms with E-state index in [1.165, 1.54) is 91.7 Å². The van der Waals surface area contributed by atoms with E-state index in [2.05, 4.69) is 124 Å². The van der Waals surface area contributed by atoms with Gasteiger partial charge in [-0.15, -0.1) is 0 Å². The summed E-state index contributed by atoms with van der Waals surface area (Å²) in [5.41, 5.74) is 11.0. The fourth-order valence-corrected chi connectivity index (χ4v) is 10.2. The van der Waals surface area contributed by atoms with E-state index in [4.69, 9.17) is 66.3 Å². The summed E-state index contributed by atoms with van der Waals surface area (Å²) in [6.45, 7) is 47.7. The second-order valence-electron chi connectivity index (χ2n) is 23.8. The van der Waals surface area contributed by atoms with E-state index in [9.17, 15) is 0 Å². The third-order valence-corrected chi connectivity index (χ3v) is 16.6. The van der Waals surface area contributed by atoms with Crippen LogP contribution in [0.2, 0.25) is 0 Å². The molecule has 514 valence electrons. The topological polar surface area (TPSA) is 142 Å². The largest absolute Gasteiger partial charge is 0.381 e. The van der Waals surface area contributed by atoms with Crippen LogP contribution in [0, 0.1) is 55.4 Å². The van der Waals surface area contributed by atoms with Gasteiger partial charge >= 0.3 is 0 Å². The number of rotatable bonds is 0. The number of ether oxygens (including phenoxy) is 14. The molecule has 18 nitrogen and oxygen atoms in total. The van der Waals surface area contributed by atoms with E-state index in [0.717, 1.165) is 105 Å². The van der Waals surface area contributed by atoms with E-state index in [0.29, 0.717) is 159 Å². The first-order chi connectivity index (χ1) is 44.0. The normalized spacial score (nSPS) is 23.1. The van der Waals surface area contributed by atoms with Crippen LogP contribution in [-0.2, 0) is 66.3 Å². The quantitative estimate of drug-likeness (QED) is 0.155. The zero-order valence-corrected chi connectivity index (χ0v) is 65.5. The Morgan fingerprint density at radius 3 is 0.380 bits per heavy atom. The molecule has 12 rings (SSSR count). The number of nitrogens with zero attached hydrogens (tertiary/aromatic N) is 4. The van der Waals surface area contributed by atoms with Crippen molar-refractivity contribution in [2.75, 3.05) is 264 Å². The Bertz CT molecular complexity index is 1930. The van der Waals surface area contributed by atoms with Crippen LogP contribution in [0.5, 0.6) is 0 Å². The van der Waals surface area contributed by atoms with E-state index in [1.807, 2.05) is 0 Å². The van der Waals surface area contributed by atoms with Crippen LogP contribution in [0.3, 0.4) is 0 Å². The Kier molecular flexibility index (Phi) is 53.1. The summed E-state index contributed by atoms with van der Waals surface area (Å²) in [4.78, 5) is 9.25. The van der Waals surface area contributed by atoms with Crippen LogP contribution < -0.4 is 0 Å². The van der Waals surface area contributed by atoms with Gasteiger partial charge in [-0.2, -0.15) is 0 Å². The van der Waals surface area contributed by atoms with E-state index in [1.54, 1.807) is 0 Å². The van der Waals surface area contributed by atoms with Gasteiger partial charge in [-0.05, 0) is 147 Å². The van der Waals surface area contributed by atoms with Gasteiger partial charge in [-0.25, -0.2) is 0 Å². The van der Waals surface area contributed by atoms with Gasteiger partial charge in [0, 0.05) is 208 Å². The van der Waals surface area contributed by atoms with Crippen LogP contribution in [0.25, 0.3) is 21.5 Å². The molecule has 8 heterocycles. The second-order valence-corrected chi connectivity index (χ2v) is 23.8. The minimum Gasteiger partial charge on any atom is -0.381 e. The third kappa shape index (κ3) is 40.9. The maximum Gasteiger partial charge on any atom is 0.0701 e. The van der Waals surface area contributed by atoms with Crippen molar-refractivity contribution < 1.29 is 66.3 Å². The molecule has 4 bridgehead atoms. The molecule has 8 fully saturated rings. The monoisotopic (exact) mass is 1340 g/mol. The summed E-state index contributed by atoms with van der Waals surface area (Å²) < 4.78 is 78.3. The summed E-state index contributed by atoms with van der Waals surface area (Å²) >= 11 is 0. The Morgan fingerprint density at radius 2 is 0.283 bits per heavy atom. The van der Waals surface area contributed by atoms with Crippen LogP contribution in [-0.4, -0.2) is 386 Å². The van der Waals surface area contributed by atoms with Crippen molar-refractivity contribution in [3.8, 4) is 0 Å². The molecule has 0 amide bonds. The molecule has 8 saturated heterocycles. The molecule has 2 radical (unpaired) electrons. The van der Waals surface area contributed by atoms with Gasteiger partial charge in [-0.3, -0.25) is 19.6 Å².